The quantitative estimate of drug-likeness (QED) is 0.357. The van der Waals surface area contributed by atoms with Crippen LogP contribution in [0.5, 0.6) is 0 Å². The minimum Gasteiger partial charge on any atom is -0.458 e. The van der Waals surface area contributed by atoms with Crippen molar-refractivity contribution < 1.29 is 27.9 Å². The van der Waals surface area contributed by atoms with Crippen LogP contribution in [0.25, 0.3) is 0 Å². The molecule has 2 fully saturated rings. The fraction of sp³-hybridized carbons (Fsp3) is 0.700. The van der Waals surface area contributed by atoms with Gasteiger partial charge in [0.15, 0.2) is 16.6 Å². The summed E-state index contributed by atoms with van der Waals surface area (Å²) in [6, 6.07) is 0. The van der Waals surface area contributed by atoms with Gasteiger partial charge in [0.1, 0.15) is 24.4 Å². The van der Waals surface area contributed by atoms with Crippen LogP contribution in [0.1, 0.15) is 0 Å². The molecule has 0 spiro atoms. The molecular formula is C20H30O6Si2. The zero-order chi connectivity index (χ0) is 20.4. The number of carbonyl (C=O) groups excluding carboxylic acids is 2. The highest BCUT2D eigenvalue weighted by atomic mass is 28.4. The Morgan fingerprint density at radius 2 is 1.07 bits per heavy atom. The van der Waals surface area contributed by atoms with Gasteiger partial charge in [-0.25, -0.2) is 0 Å². The number of fused-ring (bicyclic) bond motifs is 2. The summed E-state index contributed by atoms with van der Waals surface area (Å²) in [4.78, 5) is 24.6. The molecule has 0 aromatic heterocycles. The Labute approximate surface area is 168 Å². The van der Waals surface area contributed by atoms with E-state index in [0.717, 1.165) is 0 Å². The molecule has 0 N–H and O–H groups in total. The molecule has 6 nitrogen and oxygen atoms in total. The fourth-order valence-electron chi connectivity index (χ4n) is 4.41. The van der Waals surface area contributed by atoms with Gasteiger partial charge in [-0.15, -0.1) is 0 Å². The van der Waals surface area contributed by atoms with E-state index in [1.165, 1.54) is 0 Å². The third-order valence-electron chi connectivity index (χ3n) is 5.67. The maximum atomic E-state index is 12.3. The number of esters is 2. The second-order valence-electron chi connectivity index (χ2n) is 10.2. The van der Waals surface area contributed by atoms with Crippen molar-refractivity contribution in [3.63, 3.8) is 0 Å². The van der Waals surface area contributed by atoms with Crippen LogP contribution in [0.2, 0.25) is 39.3 Å². The Morgan fingerprint density at radius 1 is 0.714 bits per heavy atom. The predicted molar refractivity (Wildman–Crippen MR) is 108 cm³/mol. The highest BCUT2D eigenvalue weighted by molar-refractivity contribution is 6.70. The highest BCUT2D eigenvalue weighted by Crippen LogP contribution is 2.46. The van der Waals surface area contributed by atoms with Crippen LogP contribution in [0.4, 0.5) is 0 Å². The van der Waals surface area contributed by atoms with Crippen molar-refractivity contribution in [1.29, 1.82) is 0 Å². The molecule has 0 radical (unpaired) electrons. The first-order valence-electron chi connectivity index (χ1n) is 10.1. The predicted octanol–water partition coefficient (Wildman–Crippen LogP) is 2.88. The first kappa shape index (κ1) is 20.1. The minimum absolute atomic E-state index is 0.00594. The number of hydrogen-bond acceptors (Lipinski definition) is 6. The van der Waals surface area contributed by atoms with Crippen molar-refractivity contribution in [1.82, 2.24) is 0 Å². The lowest BCUT2D eigenvalue weighted by Crippen LogP contribution is -2.57. The van der Waals surface area contributed by atoms with Crippen molar-refractivity contribution in [2.45, 2.75) is 63.7 Å². The Kier molecular flexibility index (Phi) is 4.76. The first-order chi connectivity index (χ1) is 12.9. The van der Waals surface area contributed by atoms with Gasteiger partial charge in [0, 0.05) is 11.8 Å². The van der Waals surface area contributed by atoms with Gasteiger partial charge < -0.3 is 18.3 Å². The summed E-state index contributed by atoms with van der Waals surface area (Å²) in [6.07, 6.45) is 6.13. The molecule has 2 heterocycles. The maximum absolute atomic E-state index is 12.3. The van der Waals surface area contributed by atoms with Crippen LogP contribution in [0.3, 0.4) is 0 Å². The molecule has 154 valence electrons. The molecule has 2 unspecified atom stereocenters. The molecule has 0 saturated carbocycles. The Balaban J connectivity index is 1.69. The molecule has 4 aliphatic rings. The van der Waals surface area contributed by atoms with Gasteiger partial charge >= 0.3 is 11.9 Å². The normalized spacial score (nSPS) is 38.1. The van der Waals surface area contributed by atoms with Gasteiger partial charge in [-0.1, -0.05) is 24.3 Å². The van der Waals surface area contributed by atoms with E-state index in [2.05, 4.69) is 39.3 Å². The molecule has 8 atom stereocenters. The average molecular weight is 423 g/mol. The summed E-state index contributed by atoms with van der Waals surface area (Å²) < 4.78 is 24.8. The van der Waals surface area contributed by atoms with E-state index < -0.39 is 41.1 Å². The zero-order valence-corrected chi connectivity index (χ0v) is 19.4. The molecule has 0 aromatic carbocycles. The molecule has 28 heavy (non-hydrogen) atoms. The van der Waals surface area contributed by atoms with Crippen LogP contribution in [-0.2, 0) is 27.9 Å². The van der Waals surface area contributed by atoms with Crippen LogP contribution >= 0.6 is 0 Å². The van der Waals surface area contributed by atoms with E-state index in [9.17, 15) is 9.59 Å². The second-order valence-corrected chi connectivity index (χ2v) is 19.1. The van der Waals surface area contributed by atoms with Gasteiger partial charge in [-0.05, 0) is 39.3 Å². The van der Waals surface area contributed by atoms with Gasteiger partial charge in [0.05, 0.1) is 11.8 Å². The molecular weight excluding hydrogens is 392 g/mol. The monoisotopic (exact) mass is 422 g/mol. The number of rotatable bonds is 7. The minimum atomic E-state index is -2.00. The number of hydrogen-bond donors (Lipinski definition) is 0. The van der Waals surface area contributed by atoms with E-state index in [1.807, 2.05) is 24.3 Å². The summed E-state index contributed by atoms with van der Waals surface area (Å²) >= 11 is 0. The lowest BCUT2D eigenvalue weighted by Gasteiger charge is -2.43. The second kappa shape index (κ2) is 6.65. The van der Waals surface area contributed by atoms with E-state index in [4.69, 9.17) is 18.3 Å². The van der Waals surface area contributed by atoms with Crippen molar-refractivity contribution in [2.75, 3.05) is 0 Å². The number of carbonyl (C=O) groups is 2. The smallest absolute Gasteiger partial charge is 0.313 e. The molecule has 2 aliphatic carbocycles. The average Bonchev–Trinajstić information content (AvgIpc) is 2.79. The summed E-state index contributed by atoms with van der Waals surface area (Å²) in [7, 11) is -4.01. The van der Waals surface area contributed by atoms with Gasteiger partial charge in [0.25, 0.3) is 0 Å². The largest absolute Gasteiger partial charge is 0.458 e. The SMILES string of the molecule is C[Si](C)(C)OC(C(O[Si](C)(C)C)[C@H]1OC(=O)[C@@H]2C=C[C@H]12)[C@H]1OC(=O)[C@@H]2C=C[C@H]12. The summed E-state index contributed by atoms with van der Waals surface area (Å²) in [6.45, 7) is 12.7. The lowest BCUT2D eigenvalue weighted by atomic mass is 9.75. The Morgan fingerprint density at radius 3 is 1.29 bits per heavy atom. The van der Waals surface area contributed by atoms with Crippen molar-refractivity contribution >= 4 is 28.6 Å². The van der Waals surface area contributed by atoms with E-state index >= 15 is 0 Å². The Hall–Kier alpha value is -1.23. The number of cyclic esters (lactones) is 2. The van der Waals surface area contributed by atoms with Crippen LogP contribution in [0.15, 0.2) is 24.3 Å². The molecule has 2 aliphatic heterocycles. The first-order valence-corrected chi connectivity index (χ1v) is 16.9. The van der Waals surface area contributed by atoms with Crippen LogP contribution in [0, 0.1) is 23.7 Å². The van der Waals surface area contributed by atoms with E-state index in [-0.39, 0.29) is 35.6 Å². The maximum Gasteiger partial charge on any atom is 0.313 e. The van der Waals surface area contributed by atoms with Crippen molar-refractivity contribution in [3.05, 3.63) is 24.3 Å². The topological polar surface area (TPSA) is 71.1 Å². The Bertz CT molecular complexity index is 672. The zero-order valence-electron chi connectivity index (χ0n) is 17.4. The standard InChI is InChI=1S/C20H30O6Si2/c1-27(2,3)25-17(15-11-7-9-13(11)19(21)23-15)18(26-28(4,5)6)16-12-8-10-14(12)20(22)24-16/h7-18H,1-6H3/t11-,12-,13+,14+,15-,16-,17?,18?/m0/s1. The van der Waals surface area contributed by atoms with E-state index in [0.29, 0.717) is 0 Å². The van der Waals surface area contributed by atoms with E-state index in [1.54, 1.807) is 0 Å². The lowest BCUT2D eigenvalue weighted by molar-refractivity contribution is -0.159. The van der Waals surface area contributed by atoms with Gasteiger partial charge in [-0.3, -0.25) is 9.59 Å². The van der Waals surface area contributed by atoms with Gasteiger partial charge in [-0.2, -0.15) is 0 Å². The summed E-state index contributed by atoms with van der Waals surface area (Å²) in [5.41, 5.74) is 0. The molecule has 4 rings (SSSR count). The third-order valence-corrected chi connectivity index (χ3v) is 7.63. The third kappa shape index (κ3) is 3.55. The van der Waals surface area contributed by atoms with Crippen molar-refractivity contribution in [2.24, 2.45) is 23.7 Å². The van der Waals surface area contributed by atoms with Gasteiger partial charge in [0.2, 0.25) is 0 Å². The molecule has 0 aromatic rings. The molecule has 2 saturated heterocycles. The highest BCUT2D eigenvalue weighted by Gasteiger charge is 2.58. The molecule has 8 heteroatoms. The molecule has 0 bridgehead atoms. The van der Waals surface area contributed by atoms with Crippen LogP contribution < -0.4 is 0 Å². The molecule has 0 amide bonds. The summed E-state index contributed by atoms with van der Waals surface area (Å²) in [5, 5.41) is 0. The van der Waals surface area contributed by atoms with Crippen molar-refractivity contribution in [3.8, 4) is 0 Å². The van der Waals surface area contributed by atoms with Crippen LogP contribution in [-0.4, -0.2) is 53.0 Å². The fourth-order valence-corrected chi connectivity index (χ4v) is 6.58. The summed E-state index contributed by atoms with van der Waals surface area (Å²) in [5.74, 6) is -0.755. The number of ether oxygens (including phenoxy) is 2.